The highest BCUT2D eigenvalue weighted by Crippen LogP contribution is 2.20. The van der Waals surface area contributed by atoms with Gasteiger partial charge in [-0.1, -0.05) is 17.7 Å². The van der Waals surface area contributed by atoms with Crippen LogP contribution < -0.4 is 5.73 Å². The van der Waals surface area contributed by atoms with Crippen molar-refractivity contribution in [3.05, 3.63) is 24.3 Å². The first-order valence-electron chi connectivity index (χ1n) is 5.73. The SMILES string of the molecule is C=CC(C)(CCC=C(C)C)OOC(=O)[C@H](C)N. The van der Waals surface area contributed by atoms with Crippen LogP contribution in [0.2, 0.25) is 0 Å². The van der Waals surface area contributed by atoms with Gasteiger partial charge in [-0.25, -0.2) is 4.79 Å². The number of rotatable bonds is 7. The molecule has 4 nitrogen and oxygen atoms in total. The Morgan fingerprint density at radius 2 is 2.12 bits per heavy atom. The zero-order valence-corrected chi connectivity index (χ0v) is 11.2. The van der Waals surface area contributed by atoms with E-state index in [-0.39, 0.29) is 0 Å². The molecule has 17 heavy (non-hydrogen) atoms. The summed E-state index contributed by atoms with van der Waals surface area (Å²) in [6.07, 6.45) is 5.24. The van der Waals surface area contributed by atoms with Crippen molar-refractivity contribution in [2.24, 2.45) is 5.73 Å². The lowest BCUT2D eigenvalue weighted by molar-refractivity contribution is -0.318. The van der Waals surface area contributed by atoms with Crippen molar-refractivity contribution in [1.29, 1.82) is 0 Å². The molecule has 0 heterocycles. The van der Waals surface area contributed by atoms with Crippen molar-refractivity contribution in [3.8, 4) is 0 Å². The summed E-state index contributed by atoms with van der Waals surface area (Å²) in [6, 6.07) is -0.693. The van der Waals surface area contributed by atoms with Gasteiger partial charge in [0.15, 0.2) is 0 Å². The summed E-state index contributed by atoms with van der Waals surface area (Å²) in [5.74, 6) is -0.583. The van der Waals surface area contributed by atoms with E-state index in [2.05, 4.69) is 17.5 Å². The van der Waals surface area contributed by atoms with Crippen LogP contribution in [0, 0.1) is 0 Å². The lowest BCUT2D eigenvalue weighted by atomic mass is 10.00. The fourth-order valence-electron chi connectivity index (χ4n) is 1.04. The molecule has 0 aromatic heterocycles. The predicted molar refractivity (Wildman–Crippen MR) is 68.1 cm³/mol. The van der Waals surface area contributed by atoms with Gasteiger partial charge in [0.1, 0.15) is 11.6 Å². The number of carbonyl (C=O) groups excluding carboxylic acids is 1. The smallest absolute Gasteiger partial charge is 0.319 e. The van der Waals surface area contributed by atoms with E-state index >= 15 is 0 Å². The topological polar surface area (TPSA) is 61.5 Å². The van der Waals surface area contributed by atoms with Gasteiger partial charge in [0.25, 0.3) is 0 Å². The standard InChI is InChI=1S/C13H23NO3/c1-6-13(5,9-7-8-10(2)3)17-16-12(15)11(4)14/h6,8,11H,1,7,9,14H2,2-5H3/t11-,13?/m0/s1. The van der Waals surface area contributed by atoms with Gasteiger partial charge in [-0.05, 0) is 40.5 Å². The van der Waals surface area contributed by atoms with Crippen LogP contribution in [0.15, 0.2) is 24.3 Å². The number of hydrogen-bond donors (Lipinski definition) is 1. The number of carbonyl (C=O) groups is 1. The molecule has 0 bridgehead atoms. The third-order valence-corrected chi connectivity index (χ3v) is 2.31. The molecule has 0 radical (unpaired) electrons. The van der Waals surface area contributed by atoms with Gasteiger partial charge < -0.3 is 5.73 Å². The second kappa shape index (κ2) is 7.25. The molecule has 1 unspecified atom stereocenters. The Hall–Kier alpha value is -1.13. The summed E-state index contributed by atoms with van der Waals surface area (Å²) in [5.41, 5.74) is 5.91. The van der Waals surface area contributed by atoms with E-state index in [4.69, 9.17) is 10.6 Å². The average Bonchev–Trinajstić information content (AvgIpc) is 2.25. The molecule has 0 aromatic rings. The summed E-state index contributed by atoms with van der Waals surface area (Å²) < 4.78 is 0. The van der Waals surface area contributed by atoms with Gasteiger partial charge in [0.2, 0.25) is 0 Å². The Morgan fingerprint density at radius 1 is 1.53 bits per heavy atom. The molecule has 0 aliphatic rings. The number of hydrogen-bond acceptors (Lipinski definition) is 4. The number of nitrogens with two attached hydrogens (primary N) is 1. The molecule has 4 heteroatoms. The quantitative estimate of drug-likeness (QED) is 0.422. The van der Waals surface area contributed by atoms with Crippen molar-refractivity contribution in [3.63, 3.8) is 0 Å². The Balaban J connectivity index is 4.23. The minimum Gasteiger partial charge on any atom is -0.319 e. The molecule has 0 amide bonds. The highest BCUT2D eigenvalue weighted by atomic mass is 17.2. The predicted octanol–water partition coefficient (Wildman–Crippen LogP) is 2.50. The average molecular weight is 241 g/mol. The molecule has 0 rings (SSSR count). The lowest BCUT2D eigenvalue weighted by Crippen LogP contribution is -2.33. The molecule has 98 valence electrons. The first-order valence-corrected chi connectivity index (χ1v) is 5.73. The molecule has 0 aliphatic carbocycles. The fraction of sp³-hybridized carbons (Fsp3) is 0.615. The maximum absolute atomic E-state index is 11.2. The van der Waals surface area contributed by atoms with Crippen LogP contribution in [0.4, 0.5) is 0 Å². The molecule has 0 spiro atoms. The van der Waals surface area contributed by atoms with Crippen LogP contribution in [0.5, 0.6) is 0 Å². The van der Waals surface area contributed by atoms with Crippen molar-refractivity contribution >= 4 is 5.97 Å². The van der Waals surface area contributed by atoms with E-state index in [1.807, 2.05) is 20.8 Å². The summed E-state index contributed by atoms with van der Waals surface area (Å²) in [6.45, 7) is 11.1. The van der Waals surface area contributed by atoms with Crippen LogP contribution in [0.3, 0.4) is 0 Å². The third kappa shape index (κ3) is 6.92. The van der Waals surface area contributed by atoms with Gasteiger partial charge in [0.05, 0.1) is 0 Å². The summed E-state index contributed by atoms with van der Waals surface area (Å²) in [4.78, 5) is 20.9. The van der Waals surface area contributed by atoms with Gasteiger partial charge in [0, 0.05) is 0 Å². The molecular weight excluding hydrogens is 218 g/mol. The highest BCUT2D eigenvalue weighted by Gasteiger charge is 2.24. The van der Waals surface area contributed by atoms with Crippen LogP contribution in [0.1, 0.15) is 40.5 Å². The van der Waals surface area contributed by atoms with Gasteiger partial charge in [-0.2, -0.15) is 4.89 Å². The van der Waals surface area contributed by atoms with E-state index in [9.17, 15) is 4.79 Å². The summed E-state index contributed by atoms with van der Waals surface area (Å²) >= 11 is 0. The second-order valence-electron chi connectivity index (χ2n) is 4.61. The van der Waals surface area contributed by atoms with E-state index in [1.165, 1.54) is 5.57 Å². The Morgan fingerprint density at radius 3 is 2.53 bits per heavy atom. The van der Waals surface area contributed by atoms with Gasteiger partial charge >= 0.3 is 5.97 Å². The maximum Gasteiger partial charge on any atom is 0.358 e. The van der Waals surface area contributed by atoms with Crippen molar-refractivity contribution in [1.82, 2.24) is 0 Å². The van der Waals surface area contributed by atoms with Crippen LogP contribution in [0.25, 0.3) is 0 Å². The zero-order chi connectivity index (χ0) is 13.5. The first kappa shape index (κ1) is 15.9. The minimum absolute atomic E-state index is 0.583. The highest BCUT2D eigenvalue weighted by molar-refractivity contribution is 5.74. The monoisotopic (exact) mass is 241 g/mol. The minimum atomic E-state index is -0.693. The number of allylic oxidation sites excluding steroid dienone is 2. The van der Waals surface area contributed by atoms with E-state index in [1.54, 1.807) is 13.0 Å². The Bertz CT molecular complexity index is 293. The third-order valence-electron chi connectivity index (χ3n) is 2.31. The lowest BCUT2D eigenvalue weighted by Gasteiger charge is -2.23. The van der Waals surface area contributed by atoms with E-state index < -0.39 is 17.6 Å². The first-order chi connectivity index (χ1) is 7.80. The Kier molecular flexibility index (Phi) is 6.76. The molecular formula is C13H23NO3. The normalized spacial score (nSPS) is 15.6. The van der Waals surface area contributed by atoms with Crippen molar-refractivity contribution in [2.75, 3.05) is 0 Å². The molecule has 0 aromatic carbocycles. The molecule has 2 atom stereocenters. The summed E-state index contributed by atoms with van der Waals surface area (Å²) in [5, 5.41) is 0. The van der Waals surface area contributed by atoms with Gasteiger partial charge in [-0.15, -0.1) is 6.58 Å². The Labute approximate surface area is 103 Å². The van der Waals surface area contributed by atoms with Crippen LogP contribution in [-0.4, -0.2) is 17.6 Å². The molecule has 0 saturated carbocycles. The van der Waals surface area contributed by atoms with Crippen LogP contribution >= 0.6 is 0 Å². The fourth-order valence-corrected chi connectivity index (χ4v) is 1.04. The summed E-state index contributed by atoms with van der Waals surface area (Å²) in [7, 11) is 0. The van der Waals surface area contributed by atoms with Crippen molar-refractivity contribution in [2.45, 2.75) is 52.2 Å². The van der Waals surface area contributed by atoms with E-state index in [0.29, 0.717) is 6.42 Å². The van der Waals surface area contributed by atoms with Gasteiger partial charge in [-0.3, -0.25) is 4.89 Å². The van der Waals surface area contributed by atoms with Crippen LogP contribution in [-0.2, 0) is 14.6 Å². The maximum atomic E-state index is 11.2. The molecule has 0 aliphatic heterocycles. The second-order valence-corrected chi connectivity index (χ2v) is 4.61. The van der Waals surface area contributed by atoms with E-state index in [0.717, 1.165) is 6.42 Å². The molecule has 0 fully saturated rings. The molecule has 0 saturated heterocycles. The van der Waals surface area contributed by atoms with Crippen molar-refractivity contribution < 1.29 is 14.6 Å². The largest absolute Gasteiger partial charge is 0.358 e. The zero-order valence-electron chi connectivity index (χ0n) is 11.2. The molecule has 2 N–H and O–H groups in total.